The lowest BCUT2D eigenvalue weighted by Gasteiger charge is -2.31. The van der Waals surface area contributed by atoms with Gasteiger partial charge in [-0.15, -0.1) is 0 Å². The second-order valence-electron chi connectivity index (χ2n) is 4.71. The van der Waals surface area contributed by atoms with Crippen molar-refractivity contribution in [2.24, 2.45) is 5.73 Å². The van der Waals surface area contributed by atoms with E-state index >= 15 is 0 Å². The molecule has 0 aliphatic carbocycles. The molecule has 4 nitrogen and oxygen atoms in total. The molecule has 0 bridgehead atoms. The zero-order chi connectivity index (χ0) is 10.6. The average Bonchev–Trinajstić information content (AvgIpc) is 2.27. The lowest BCUT2D eigenvalue weighted by molar-refractivity contribution is 0.0769. The number of ether oxygens (including phenoxy) is 2. The van der Waals surface area contributed by atoms with Crippen LogP contribution in [0.2, 0.25) is 0 Å². The summed E-state index contributed by atoms with van der Waals surface area (Å²) in [5, 5.41) is 0. The van der Waals surface area contributed by atoms with Crippen molar-refractivity contribution >= 4 is 0 Å². The molecule has 0 aromatic rings. The first kappa shape index (κ1) is 11.9. The average molecular weight is 202 g/mol. The Hall–Kier alpha value is -0.160. The van der Waals surface area contributed by atoms with Gasteiger partial charge in [0.25, 0.3) is 0 Å². The third-order valence-corrected chi connectivity index (χ3v) is 2.27. The van der Waals surface area contributed by atoms with Crippen LogP contribution in [0.15, 0.2) is 0 Å². The van der Waals surface area contributed by atoms with Crippen LogP contribution < -0.4 is 5.73 Å². The zero-order valence-corrected chi connectivity index (χ0v) is 9.45. The van der Waals surface area contributed by atoms with Crippen molar-refractivity contribution in [3.8, 4) is 0 Å². The predicted molar refractivity (Wildman–Crippen MR) is 56.3 cm³/mol. The van der Waals surface area contributed by atoms with Gasteiger partial charge in [0.1, 0.15) is 0 Å². The highest BCUT2D eigenvalue weighted by atomic mass is 16.5. The van der Waals surface area contributed by atoms with Gasteiger partial charge in [0.15, 0.2) is 0 Å². The number of rotatable bonds is 3. The Balaban J connectivity index is 2.37. The maximum Gasteiger partial charge on any atom is 0.0701 e. The molecular weight excluding hydrogens is 180 g/mol. The molecule has 1 heterocycles. The number of likely N-dealkylation sites (N-methyl/N-ethyl adjacent to an activating group) is 1. The van der Waals surface area contributed by atoms with E-state index in [9.17, 15) is 0 Å². The number of hydrogen-bond donors (Lipinski definition) is 1. The fraction of sp³-hybridized carbons (Fsp3) is 1.00. The molecule has 0 saturated carbocycles. The van der Waals surface area contributed by atoms with Gasteiger partial charge in [-0.05, 0) is 20.9 Å². The predicted octanol–water partition coefficient (Wildman–Crippen LogP) is 0.0709. The second-order valence-corrected chi connectivity index (χ2v) is 4.71. The number of nitrogens with two attached hydrogens (primary N) is 1. The summed E-state index contributed by atoms with van der Waals surface area (Å²) in [6, 6.07) is 0.334. The van der Waals surface area contributed by atoms with E-state index in [1.807, 2.05) is 13.8 Å². The van der Waals surface area contributed by atoms with E-state index in [1.165, 1.54) is 0 Å². The zero-order valence-electron chi connectivity index (χ0n) is 9.45. The largest absolute Gasteiger partial charge is 0.377 e. The number of hydrogen-bond acceptors (Lipinski definition) is 4. The van der Waals surface area contributed by atoms with Crippen molar-refractivity contribution < 1.29 is 9.47 Å². The summed E-state index contributed by atoms with van der Waals surface area (Å²) in [4.78, 5) is 2.21. The van der Waals surface area contributed by atoms with E-state index in [1.54, 1.807) is 0 Å². The number of nitrogens with zero attached hydrogens (tertiary/aromatic N) is 1. The van der Waals surface area contributed by atoms with E-state index in [-0.39, 0.29) is 5.54 Å². The lowest BCUT2D eigenvalue weighted by atomic mass is 10.1. The van der Waals surface area contributed by atoms with Crippen molar-refractivity contribution in [2.45, 2.75) is 25.4 Å². The van der Waals surface area contributed by atoms with Crippen LogP contribution in [-0.4, -0.2) is 56.5 Å². The van der Waals surface area contributed by atoms with Crippen LogP contribution in [0.25, 0.3) is 0 Å². The molecule has 1 rings (SSSR count). The van der Waals surface area contributed by atoms with Crippen molar-refractivity contribution in [1.29, 1.82) is 0 Å². The van der Waals surface area contributed by atoms with Gasteiger partial charge >= 0.3 is 0 Å². The van der Waals surface area contributed by atoms with Gasteiger partial charge in [-0.25, -0.2) is 0 Å². The third kappa shape index (κ3) is 4.37. The Morgan fingerprint density at radius 1 is 1.29 bits per heavy atom. The summed E-state index contributed by atoms with van der Waals surface area (Å²) >= 11 is 0. The summed E-state index contributed by atoms with van der Waals surface area (Å²) in [5.74, 6) is 0. The summed E-state index contributed by atoms with van der Waals surface area (Å²) in [7, 11) is 2.07. The van der Waals surface area contributed by atoms with E-state index in [2.05, 4.69) is 11.9 Å². The summed E-state index contributed by atoms with van der Waals surface area (Å²) in [6.07, 6.45) is 0. The van der Waals surface area contributed by atoms with Gasteiger partial charge in [-0.3, -0.25) is 4.90 Å². The van der Waals surface area contributed by atoms with Gasteiger partial charge < -0.3 is 15.2 Å². The van der Waals surface area contributed by atoms with E-state index in [0.29, 0.717) is 19.3 Å². The molecular formula is C10H22N2O2. The van der Waals surface area contributed by atoms with Gasteiger partial charge in [0, 0.05) is 12.1 Å². The van der Waals surface area contributed by atoms with Crippen LogP contribution in [0.4, 0.5) is 0 Å². The topological polar surface area (TPSA) is 47.7 Å². The quantitative estimate of drug-likeness (QED) is 0.703. The highest BCUT2D eigenvalue weighted by Crippen LogP contribution is 2.07. The van der Waals surface area contributed by atoms with Crippen LogP contribution in [0.3, 0.4) is 0 Å². The summed E-state index contributed by atoms with van der Waals surface area (Å²) in [6.45, 7) is 7.81. The fourth-order valence-electron chi connectivity index (χ4n) is 1.63. The van der Waals surface area contributed by atoms with Crippen molar-refractivity contribution in [3.63, 3.8) is 0 Å². The maximum atomic E-state index is 5.96. The molecule has 0 spiro atoms. The Morgan fingerprint density at radius 3 is 2.21 bits per heavy atom. The minimum absolute atomic E-state index is 0.166. The molecule has 84 valence electrons. The minimum atomic E-state index is -0.166. The van der Waals surface area contributed by atoms with Crippen LogP contribution in [0.5, 0.6) is 0 Å². The molecule has 1 aliphatic heterocycles. The van der Waals surface area contributed by atoms with Gasteiger partial charge in [0.05, 0.1) is 32.5 Å². The highest BCUT2D eigenvalue weighted by Gasteiger charge is 2.22. The Labute approximate surface area is 86.3 Å². The Kier molecular flexibility index (Phi) is 4.31. The Bertz CT molecular complexity index is 160. The van der Waals surface area contributed by atoms with E-state index in [0.717, 1.165) is 19.8 Å². The van der Waals surface area contributed by atoms with Gasteiger partial charge in [0.2, 0.25) is 0 Å². The van der Waals surface area contributed by atoms with E-state index in [4.69, 9.17) is 15.2 Å². The van der Waals surface area contributed by atoms with Gasteiger partial charge in [-0.1, -0.05) is 0 Å². The molecule has 0 radical (unpaired) electrons. The molecule has 0 unspecified atom stereocenters. The van der Waals surface area contributed by atoms with Crippen LogP contribution in [0.1, 0.15) is 13.8 Å². The van der Waals surface area contributed by atoms with Crippen molar-refractivity contribution in [1.82, 2.24) is 4.90 Å². The molecule has 14 heavy (non-hydrogen) atoms. The van der Waals surface area contributed by atoms with Crippen molar-refractivity contribution in [2.75, 3.05) is 40.0 Å². The lowest BCUT2D eigenvalue weighted by Crippen LogP contribution is -2.49. The van der Waals surface area contributed by atoms with Crippen LogP contribution in [0, 0.1) is 0 Å². The molecule has 1 fully saturated rings. The molecule has 2 N–H and O–H groups in total. The molecule has 1 aliphatic rings. The SMILES string of the molecule is CN(CC(C)(C)N)C1COCCOC1. The van der Waals surface area contributed by atoms with Crippen LogP contribution in [-0.2, 0) is 9.47 Å². The molecule has 1 saturated heterocycles. The molecule has 0 atom stereocenters. The molecule has 4 heteroatoms. The summed E-state index contributed by atoms with van der Waals surface area (Å²) < 4.78 is 10.9. The first-order chi connectivity index (χ1) is 6.49. The molecule has 0 aromatic carbocycles. The highest BCUT2D eigenvalue weighted by molar-refractivity contribution is 4.80. The maximum absolute atomic E-state index is 5.96. The first-order valence-corrected chi connectivity index (χ1v) is 5.14. The standard InChI is InChI=1S/C10H22N2O2/c1-10(2,11)8-12(3)9-6-13-4-5-14-7-9/h9H,4-8,11H2,1-3H3. The second kappa shape index (κ2) is 5.07. The third-order valence-electron chi connectivity index (χ3n) is 2.27. The van der Waals surface area contributed by atoms with Crippen molar-refractivity contribution in [3.05, 3.63) is 0 Å². The Morgan fingerprint density at radius 2 is 1.79 bits per heavy atom. The minimum Gasteiger partial charge on any atom is -0.377 e. The summed E-state index contributed by atoms with van der Waals surface area (Å²) in [5.41, 5.74) is 5.79. The van der Waals surface area contributed by atoms with Crippen LogP contribution >= 0.6 is 0 Å². The first-order valence-electron chi connectivity index (χ1n) is 5.14. The fourth-order valence-corrected chi connectivity index (χ4v) is 1.63. The molecule has 0 amide bonds. The smallest absolute Gasteiger partial charge is 0.0701 e. The van der Waals surface area contributed by atoms with Gasteiger partial charge in [-0.2, -0.15) is 0 Å². The van der Waals surface area contributed by atoms with E-state index < -0.39 is 0 Å². The molecule has 0 aromatic heterocycles. The monoisotopic (exact) mass is 202 g/mol. The normalized spacial score (nSPS) is 21.2.